The fourth-order valence-corrected chi connectivity index (χ4v) is 1.92. The van der Waals surface area contributed by atoms with Crippen LogP contribution in [-0.2, 0) is 0 Å². The minimum absolute atomic E-state index is 0.0266. The molecule has 3 heteroatoms. The molecule has 1 nitrogen and oxygen atoms in total. The molecule has 0 saturated carbocycles. The maximum absolute atomic E-state index is 13.5. The van der Waals surface area contributed by atoms with E-state index in [1.165, 1.54) is 12.1 Å². The van der Waals surface area contributed by atoms with E-state index in [0.717, 1.165) is 0 Å². The minimum Gasteiger partial charge on any atom is -0.506 e. The summed E-state index contributed by atoms with van der Waals surface area (Å²) in [5, 5.41) is 11.0. The molecule has 1 N–H and O–H groups in total. The predicted octanol–water partition coefficient (Wildman–Crippen LogP) is 5.68. The lowest BCUT2D eigenvalue weighted by Crippen LogP contribution is -1.90. The Kier molecular flexibility index (Phi) is 7.72. The van der Waals surface area contributed by atoms with Gasteiger partial charge in [0.05, 0.1) is 10.6 Å². The molecule has 0 aliphatic carbocycles. The van der Waals surface area contributed by atoms with E-state index >= 15 is 0 Å². The molecular formula is C17H20ClFO. The largest absolute Gasteiger partial charge is 0.506 e. The zero-order valence-electron chi connectivity index (χ0n) is 12.5. The molecule has 0 unspecified atom stereocenters. The second-order valence-electron chi connectivity index (χ2n) is 3.50. The van der Waals surface area contributed by atoms with Gasteiger partial charge in [0, 0.05) is 5.39 Å². The van der Waals surface area contributed by atoms with Crippen molar-refractivity contribution in [1.82, 2.24) is 0 Å². The van der Waals surface area contributed by atoms with Crippen molar-refractivity contribution in [3.63, 3.8) is 0 Å². The molecule has 0 amide bonds. The van der Waals surface area contributed by atoms with Gasteiger partial charge in [-0.15, -0.1) is 6.42 Å². The molecule has 2 rings (SSSR count). The Balaban J connectivity index is 0.000000829. The fraction of sp³-hybridized carbons (Fsp3) is 0.294. The molecule has 20 heavy (non-hydrogen) atoms. The summed E-state index contributed by atoms with van der Waals surface area (Å²) in [5.74, 6) is 1.83. The van der Waals surface area contributed by atoms with Gasteiger partial charge in [-0.25, -0.2) is 4.39 Å². The number of terminal acetylenes is 1. The molecule has 0 aliphatic heterocycles. The van der Waals surface area contributed by atoms with Crippen LogP contribution in [0.25, 0.3) is 10.8 Å². The smallest absolute Gasteiger partial charge is 0.139 e. The van der Waals surface area contributed by atoms with Gasteiger partial charge in [0.25, 0.3) is 0 Å². The van der Waals surface area contributed by atoms with Crippen LogP contribution in [0.15, 0.2) is 18.2 Å². The van der Waals surface area contributed by atoms with Crippen LogP contribution in [-0.4, -0.2) is 5.11 Å². The van der Waals surface area contributed by atoms with Crippen LogP contribution in [0.4, 0.5) is 4.39 Å². The van der Waals surface area contributed by atoms with Gasteiger partial charge in [0.1, 0.15) is 11.6 Å². The Bertz CT molecular complexity index is 627. The van der Waals surface area contributed by atoms with Crippen LogP contribution in [0.3, 0.4) is 0 Å². The van der Waals surface area contributed by atoms with Crippen molar-refractivity contribution in [2.45, 2.75) is 34.6 Å². The van der Waals surface area contributed by atoms with Crippen LogP contribution in [0, 0.1) is 25.1 Å². The van der Waals surface area contributed by atoms with Crippen molar-refractivity contribution in [3.8, 4) is 18.1 Å². The number of fused-ring (bicyclic) bond motifs is 1. The summed E-state index contributed by atoms with van der Waals surface area (Å²) < 4.78 is 13.5. The second-order valence-corrected chi connectivity index (χ2v) is 3.88. The molecule has 0 aromatic heterocycles. The van der Waals surface area contributed by atoms with E-state index in [4.69, 9.17) is 18.0 Å². The highest BCUT2D eigenvalue weighted by Crippen LogP contribution is 2.35. The minimum atomic E-state index is -0.458. The summed E-state index contributed by atoms with van der Waals surface area (Å²) >= 11 is 5.90. The number of aryl methyl sites for hydroxylation is 1. The van der Waals surface area contributed by atoms with Gasteiger partial charge in [-0.05, 0) is 30.0 Å². The van der Waals surface area contributed by atoms with E-state index in [1.807, 2.05) is 27.7 Å². The van der Waals surface area contributed by atoms with Crippen LogP contribution in [0.5, 0.6) is 5.75 Å². The summed E-state index contributed by atoms with van der Waals surface area (Å²) in [4.78, 5) is 0. The molecule has 0 heterocycles. The Morgan fingerprint density at radius 3 is 2.25 bits per heavy atom. The summed E-state index contributed by atoms with van der Waals surface area (Å²) in [7, 11) is 0. The third-order valence-corrected chi connectivity index (χ3v) is 3.03. The van der Waals surface area contributed by atoms with E-state index in [9.17, 15) is 9.50 Å². The van der Waals surface area contributed by atoms with Crippen LogP contribution in [0.2, 0.25) is 5.02 Å². The molecule has 0 fully saturated rings. The first kappa shape index (κ1) is 18.3. The number of hydrogen-bond donors (Lipinski definition) is 1. The number of hydrogen-bond acceptors (Lipinski definition) is 1. The van der Waals surface area contributed by atoms with E-state index < -0.39 is 5.82 Å². The van der Waals surface area contributed by atoms with Crippen molar-refractivity contribution in [3.05, 3.63) is 40.2 Å². The normalized spacial score (nSPS) is 8.90. The molecule has 0 aliphatic rings. The zero-order chi connectivity index (χ0) is 15.9. The first-order chi connectivity index (χ1) is 9.56. The fourth-order valence-electron chi connectivity index (χ4n) is 1.77. The van der Waals surface area contributed by atoms with Crippen LogP contribution < -0.4 is 0 Å². The first-order valence-corrected chi connectivity index (χ1v) is 7.01. The molecule has 0 saturated heterocycles. The lowest BCUT2D eigenvalue weighted by atomic mass is 9.99. The number of aromatic hydroxyl groups is 1. The molecule has 2 aromatic rings. The van der Waals surface area contributed by atoms with Crippen molar-refractivity contribution >= 4 is 22.4 Å². The van der Waals surface area contributed by atoms with E-state index in [1.54, 1.807) is 13.0 Å². The van der Waals surface area contributed by atoms with E-state index in [-0.39, 0.29) is 16.3 Å². The SMILES string of the molecule is C#Cc1c(F)ccc2cc(O)c(Cl)c(C)c12.CC.CC. The second kappa shape index (κ2) is 8.45. The van der Waals surface area contributed by atoms with Gasteiger partial charge in [0.2, 0.25) is 0 Å². The highest BCUT2D eigenvalue weighted by Gasteiger charge is 2.13. The lowest BCUT2D eigenvalue weighted by molar-refractivity contribution is 0.476. The standard InChI is InChI=1S/C13H8ClFO.2C2H6/c1-3-9-10(15)5-4-8-6-11(16)13(14)7(2)12(8)9;2*1-2/h1,4-6,16H,2H3;2*1-2H3. The maximum atomic E-state index is 13.5. The summed E-state index contributed by atoms with van der Waals surface area (Å²) in [5.41, 5.74) is 0.765. The number of phenols is 1. The van der Waals surface area contributed by atoms with Gasteiger partial charge in [-0.1, -0.05) is 51.3 Å². The Hall–Kier alpha value is -1.72. The lowest BCUT2D eigenvalue weighted by Gasteiger charge is -2.09. The maximum Gasteiger partial charge on any atom is 0.139 e. The Morgan fingerprint density at radius 2 is 1.75 bits per heavy atom. The van der Waals surface area contributed by atoms with Crippen LogP contribution >= 0.6 is 11.6 Å². The quantitative estimate of drug-likeness (QED) is 0.620. The van der Waals surface area contributed by atoms with Gasteiger partial charge >= 0.3 is 0 Å². The third kappa shape index (κ3) is 3.43. The van der Waals surface area contributed by atoms with Gasteiger partial charge in [0.15, 0.2) is 0 Å². The monoisotopic (exact) mass is 294 g/mol. The van der Waals surface area contributed by atoms with E-state index in [0.29, 0.717) is 16.3 Å². The van der Waals surface area contributed by atoms with Crippen molar-refractivity contribution in [2.75, 3.05) is 0 Å². The predicted molar refractivity (Wildman–Crippen MR) is 85.9 cm³/mol. The van der Waals surface area contributed by atoms with Crippen molar-refractivity contribution < 1.29 is 9.50 Å². The summed E-state index contributed by atoms with van der Waals surface area (Å²) in [6.45, 7) is 9.70. The topological polar surface area (TPSA) is 20.2 Å². The van der Waals surface area contributed by atoms with Crippen molar-refractivity contribution in [1.29, 1.82) is 0 Å². The Labute approximate surface area is 125 Å². The molecule has 0 radical (unpaired) electrons. The highest BCUT2D eigenvalue weighted by atomic mass is 35.5. The summed E-state index contributed by atoms with van der Waals surface area (Å²) in [6.07, 6.45) is 5.28. The average Bonchev–Trinajstić information content (AvgIpc) is 2.49. The van der Waals surface area contributed by atoms with Crippen LogP contribution in [0.1, 0.15) is 38.8 Å². The molecule has 0 spiro atoms. The average molecular weight is 295 g/mol. The highest BCUT2D eigenvalue weighted by molar-refractivity contribution is 6.34. The van der Waals surface area contributed by atoms with E-state index in [2.05, 4.69) is 5.92 Å². The number of halogens is 2. The first-order valence-electron chi connectivity index (χ1n) is 6.63. The summed E-state index contributed by atoms with van der Waals surface area (Å²) in [6, 6.07) is 4.32. The number of rotatable bonds is 0. The molecule has 2 aromatic carbocycles. The molecule has 108 valence electrons. The molecule has 0 bridgehead atoms. The molecule has 0 atom stereocenters. The molecular weight excluding hydrogens is 275 g/mol. The van der Waals surface area contributed by atoms with Crippen molar-refractivity contribution in [2.24, 2.45) is 0 Å². The number of phenolic OH excluding ortho intramolecular Hbond substituents is 1. The van der Waals surface area contributed by atoms with Gasteiger partial charge in [-0.3, -0.25) is 0 Å². The third-order valence-electron chi connectivity index (χ3n) is 2.55. The van der Waals surface area contributed by atoms with Gasteiger partial charge < -0.3 is 5.11 Å². The van der Waals surface area contributed by atoms with Gasteiger partial charge in [-0.2, -0.15) is 0 Å². The zero-order valence-corrected chi connectivity index (χ0v) is 13.3. The Morgan fingerprint density at radius 1 is 1.20 bits per heavy atom. The number of benzene rings is 2.